The largest absolute Gasteiger partial charge is 0.491 e. The Morgan fingerprint density at radius 3 is 2.30 bits per heavy atom. The fourth-order valence-electron chi connectivity index (χ4n) is 2.45. The van der Waals surface area contributed by atoms with Gasteiger partial charge in [-0.3, -0.25) is 0 Å². The standard InChI is InChI=1S/C21H29N3O2.HI/c1-4-22-21(23-14-17-8-6-5-7-9-17)24-15-20(25)18-10-12-19(13-11-18)26-16(2)3;/h5-13,16,20,25H,4,14-15H2,1-3H3,(H2,22,23,24);1H. The van der Waals surface area contributed by atoms with Crippen LogP contribution in [0.1, 0.15) is 38.0 Å². The summed E-state index contributed by atoms with van der Waals surface area (Å²) in [6.07, 6.45) is -0.486. The van der Waals surface area contributed by atoms with Crippen molar-refractivity contribution in [2.75, 3.05) is 13.1 Å². The summed E-state index contributed by atoms with van der Waals surface area (Å²) in [7, 11) is 0. The Hall–Kier alpha value is -1.80. The van der Waals surface area contributed by atoms with E-state index in [4.69, 9.17) is 4.74 Å². The molecule has 2 aromatic rings. The zero-order valence-corrected chi connectivity index (χ0v) is 18.5. The van der Waals surface area contributed by atoms with Gasteiger partial charge in [0.25, 0.3) is 0 Å². The Balaban J connectivity index is 0.00000364. The summed E-state index contributed by atoms with van der Waals surface area (Å²) >= 11 is 0. The number of nitrogens with one attached hydrogen (secondary N) is 2. The van der Waals surface area contributed by atoms with Gasteiger partial charge in [-0.2, -0.15) is 0 Å². The number of benzene rings is 2. The Bertz CT molecular complexity index is 676. The van der Waals surface area contributed by atoms with Gasteiger partial charge in [0, 0.05) is 13.1 Å². The van der Waals surface area contributed by atoms with Gasteiger partial charge in [0.2, 0.25) is 0 Å². The lowest BCUT2D eigenvalue weighted by molar-refractivity contribution is 0.180. The first kappa shape index (κ1) is 23.2. The van der Waals surface area contributed by atoms with E-state index in [1.807, 2.05) is 75.4 Å². The van der Waals surface area contributed by atoms with E-state index in [2.05, 4.69) is 15.6 Å². The van der Waals surface area contributed by atoms with Crippen LogP contribution in [0.2, 0.25) is 0 Å². The molecule has 5 nitrogen and oxygen atoms in total. The van der Waals surface area contributed by atoms with E-state index in [1.165, 1.54) is 0 Å². The molecule has 2 rings (SSSR count). The Morgan fingerprint density at radius 1 is 1.04 bits per heavy atom. The van der Waals surface area contributed by atoms with E-state index in [9.17, 15) is 5.11 Å². The SMILES string of the molecule is CCNC(=NCc1ccccc1)NCC(O)c1ccc(OC(C)C)cc1.I. The maximum absolute atomic E-state index is 10.4. The van der Waals surface area contributed by atoms with Crippen molar-refractivity contribution in [2.24, 2.45) is 4.99 Å². The first-order valence-corrected chi connectivity index (χ1v) is 9.09. The molecule has 0 saturated carbocycles. The number of nitrogens with zero attached hydrogens (tertiary/aromatic N) is 1. The summed E-state index contributed by atoms with van der Waals surface area (Å²) in [5.41, 5.74) is 1.98. The molecular formula is C21H30IN3O2. The summed E-state index contributed by atoms with van der Waals surface area (Å²) in [6, 6.07) is 17.6. The van der Waals surface area contributed by atoms with Crippen molar-refractivity contribution < 1.29 is 9.84 Å². The van der Waals surface area contributed by atoms with Crippen LogP contribution in [0.15, 0.2) is 59.6 Å². The molecule has 0 aliphatic heterocycles. The molecule has 0 aliphatic carbocycles. The molecule has 148 valence electrons. The molecule has 0 fully saturated rings. The van der Waals surface area contributed by atoms with Gasteiger partial charge in [0.1, 0.15) is 5.75 Å². The Labute approximate surface area is 179 Å². The molecule has 2 aromatic carbocycles. The summed E-state index contributed by atoms with van der Waals surface area (Å²) in [4.78, 5) is 4.56. The quantitative estimate of drug-likeness (QED) is 0.303. The van der Waals surface area contributed by atoms with E-state index in [-0.39, 0.29) is 30.1 Å². The van der Waals surface area contributed by atoms with Crippen molar-refractivity contribution in [3.05, 3.63) is 65.7 Å². The fourth-order valence-corrected chi connectivity index (χ4v) is 2.45. The van der Waals surface area contributed by atoms with E-state index >= 15 is 0 Å². The van der Waals surface area contributed by atoms with Gasteiger partial charge in [-0.1, -0.05) is 42.5 Å². The lowest BCUT2D eigenvalue weighted by atomic mass is 10.1. The Morgan fingerprint density at radius 2 is 1.70 bits per heavy atom. The molecule has 6 heteroatoms. The molecule has 0 radical (unpaired) electrons. The third kappa shape index (κ3) is 8.62. The van der Waals surface area contributed by atoms with Crippen LogP contribution in [-0.2, 0) is 6.54 Å². The molecule has 27 heavy (non-hydrogen) atoms. The second-order valence-electron chi connectivity index (χ2n) is 6.31. The van der Waals surface area contributed by atoms with E-state index < -0.39 is 6.10 Å². The van der Waals surface area contributed by atoms with Crippen LogP contribution in [0.5, 0.6) is 5.75 Å². The zero-order valence-electron chi connectivity index (χ0n) is 16.2. The number of ether oxygens (including phenoxy) is 1. The van der Waals surface area contributed by atoms with Crippen LogP contribution in [0, 0.1) is 0 Å². The normalized spacial score (nSPS) is 12.3. The summed E-state index contributed by atoms with van der Waals surface area (Å²) in [5, 5.41) is 16.8. The predicted molar refractivity (Wildman–Crippen MR) is 122 cm³/mol. The molecule has 0 aromatic heterocycles. The first-order chi connectivity index (χ1) is 12.6. The number of rotatable bonds is 8. The maximum atomic E-state index is 10.4. The highest BCUT2D eigenvalue weighted by Crippen LogP contribution is 2.18. The highest BCUT2D eigenvalue weighted by molar-refractivity contribution is 14.0. The number of hydrogen-bond acceptors (Lipinski definition) is 3. The fraction of sp³-hybridized carbons (Fsp3) is 0.381. The topological polar surface area (TPSA) is 65.9 Å². The smallest absolute Gasteiger partial charge is 0.191 e. The minimum atomic E-state index is -0.622. The summed E-state index contributed by atoms with van der Waals surface area (Å²) in [5.74, 6) is 1.50. The highest BCUT2D eigenvalue weighted by atomic mass is 127. The molecule has 0 bridgehead atoms. The first-order valence-electron chi connectivity index (χ1n) is 9.09. The van der Waals surface area contributed by atoms with Crippen LogP contribution in [-0.4, -0.2) is 30.3 Å². The molecule has 1 unspecified atom stereocenters. The number of aliphatic hydroxyl groups is 1. The minimum Gasteiger partial charge on any atom is -0.491 e. The van der Waals surface area contributed by atoms with E-state index in [0.717, 1.165) is 23.4 Å². The molecule has 1 atom stereocenters. The van der Waals surface area contributed by atoms with E-state index in [0.29, 0.717) is 19.0 Å². The summed E-state index contributed by atoms with van der Waals surface area (Å²) < 4.78 is 5.63. The third-order valence-corrected chi connectivity index (χ3v) is 3.71. The molecule has 0 spiro atoms. The summed E-state index contributed by atoms with van der Waals surface area (Å²) in [6.45, 7) is 7.73. The second-order valence-corrected chi connectivity index (χ2v) is 6.31. The maximum Gasteiger partial charge on any atom is 0.191 e. The van der Waals surface area contributed by atoms with Gasteiger partial charge in [0.05, 0.1) is 18.8 Å². The number of halogens is 1. The van der Waals surface area contributed by atoms with Crippen molar-refractivity contribution in [3.63, 3.8) is 0 Å². The van der Waals surface area contributed by atoms with Crippen LogP contribution in [0.4, 0.5) is 0 Å². The lowest BCUT2D eigenvalue weighted by Gasteiger charge is -2.16. The third-order valence-electron chi connectivity index (χ3n) is 3.71. The van der Waals surface area contributed by atoms with Gasteiger partial charge in [-0.15, -0.1) is 24.0 Å². The van der Waals surface area contributed by atoms with Gasteiger partial charge < -0.3 is 20.5 Å². The minimum absolute atomic E-state index is 0. The van der Waals surface area contributed by atoms with Crippen LogP contribution in [0.3, 0.4) is 0 Å². The predicted octanol–water partition coefficient (Wildman–Crippen LogP) is 3.88. The van der Waals surface area contributed by atoms with Gasteiger partial charge in [-0.25, -0.2) is 4.99 Å². The van der Waals surface area contributed by atoms with Crippen molar-refractivity contribution in [1.82, 2.24) is 10.6 Å². The van der Waals surface area contributed by atoms with Crippen molar-refractivity contribution in [1.29, 1.82) is 0 Å². The van der Waals surface area contributed by atoms with Crippen LogP contribution < -0.4 is 15.4 Å². The molecule has 3 N–H and O–H groups in total. The second kappa shape index (κ2) is 12.6. The number of hydrogen-bond donors (Lipinski definition) is 3. The molecular weight excluding hydrogens is 453 g/mol. The van der Waals surface area contributed by atoms with Crippen LogP contribution >= 0.6 is 24.0 Å². The molecule has 0 heterocycles. The number of aliphatic hydroxyl groups excluding tert-OH is 1. The zero-order chi connectivity index (χ0) is 18.8. The van der Waals surface area contributed by atoms with Gasteiger partial charge in [-0.05, 0) is 44.0 Å². The van der Waals surface area contributed by atoms with Gasteiger partial charge in [0.15, 0.2) is 5.96 Å². The van der Waals surface area contributed by atoms with Crippen molar-refractivity contribution in [2.45, 2.75) is 39.5 Å². The van der Waals surface area contributed by atoms with Crippen molar-refractivity contribution >= 4 is 29.9 Å². The number of aliphatic imine (C=N–C) groups is 1. The molecule has 0 aliphatic rings. The average Bonchev–Trinajstić information content (AvgIpc) is 2.64. The average molecular weight is 483 g/mol. The van der Waals surface area contributed by atoms with Crippen molar-refractivity contribution in [3.8, 4) is 5.75 Å². The van der Waals surface area contributed by atoms with Gasteiger partial charge >= 0.3 is 0 Å². The lowest BCUT2D eigenvalue weighted by Crippen LogP contribution is -2.39. The molecule has 0 amide bonds. The van der Waals surface area contributed by atoms with E-state index in [1.54, 1.807) is 0 Å². The Kier molecular flexibility index (Phi) is 10.8. The highest BCUT2D eigenvalue weighted by Gasteiger charge is 2.09. The molecule has 0 saturated heterocycles. The number of guanidine groups is 1. The van der Waals surface area contributed by atoms with Crippen LogP contribution in [0.25, 0.3) is 0 Å². The monoisotopic (exact) mass is 483 g/mol.